The summed E-state index contributed by atoms with van der Waals surface area (Å²) in [6.45, 7) is 2.02. The normalized spacial score (nSPS) is 11.0. The number of hydrogen-bond donors (Lipinski definition) is 2. The van der Waals surface area contributed by atoms with Crippen molar-refractivity contribution < 1.29 is 0 Å². The van der Waals surface area contributed by atoms with Crippen LogP contribution in [0.1, 0.15) is 5.69 Å². The number of aryl methyl sites for hydroxylation is 1. The fourth-order valence-electron chi connectivity index (χ4n) is 1.12. The molecule has 2 nitrogen and oxygen atoms in total. The van der Waals surface area contributed by atoms with Crippen LogP contribution in [0.4, 0.5) is 0 Å². The predicted molar refractivity (Wildman–Crippen MR) is 42.4 cm³/mol. The van der Waals surface area contributed by atoms with E-state index in [0.717, 1.165) is 16.7 Å². The van der Waals surface area contributed by atoms with Crippen LogP contribution in [0.3, 0.4) is 0 Å². The largest absolute Gasteiger partial charge is 0.357 e. The van der Waals surface area contributed by atoms with Crippen LogP contribution in [0.15, 0.2) is 12.1 Å². The Labute approximate surface area is 63.2 Å². The lowest BCUT2D eigenvalue weighted by Gasteiger charge is -1.77. The zero-order chi connectivity index (χ0) is 7.14. The fraction of sp³-hybridized carbons (Fsp3) is 0.143. The molecule has 0 saturated carbocycles. The first kappa shape index (κ1) is 5.86. The molecule has 0 amide bonds. The van der Waals surface area contributed by atoms with Crippen molar-refractivity contribution in [1.29, 1.82) is 0 Å². The predicted octanol–water partition coefficient (Wildman–Crippen LogP) is 2.46. The van der Waals surface area contributed by atoms with Gasteiger partial charge >= 0.3 is 0 Å². The molecular weight excluding hydrogens is 148 g/mol. The van der Waals surface area contributed by atoms with E-state index in [2.05, 4.69) is 9.97 Å². The second-order valence-corrected chi connectivity index (χ2v) is 2.80. The SMILES string of the molecule is Cc1cc2[nH]c(Cl)cc2[nH]1. The summed E-state index contributed by atoms with van der Waals surface area (Å²) in [6.07, 6.45) is 0. The van der Waals surface area contributed by atoms with Crippen LogP contribution in [0.2, 0.25) is 5.15 Å². The summed E-state index contributed by atoms with van der Waals surface area (Å²) in [5.74, 6) is 0. The van der Waals surface area contributed by atoms with Crippen molar-refractivity contribution in [2.75, 3.05) is 0 Å². The zero-order valence-electron chi connectivity index (χ0n) is 5.53. The van der Waals surface area contributed by atoms with Crippen molar-refractivity contribution >= 4 is 22.6 Å². The van der Waals surface area contributed by atoms with Gasteiger partial charge in [-0.1, -0.05) is 11.6 Å². The van der Waals surface area contributed by atoms with Crippen LogP contribution in [0.5, 0.6) is 0 Å². The minimum absolute atomic E-state index is 0.682. The Morgan fingerprint density at radius 1 is 1.20 bits per heavy atom. The molecule has 0 radical (unpaired) electrons. The average molecular weight is 155 g/mol. The van der Waals surface area contributed by atoms with Gasteiger partial charge in [0.25, 0.3) is 0 Å². The highest BCUT2D eigenvalue weighted by molar-refractivity contribution is 6.30. The summed E-state index contributed by atoms with van der Waals surface area (Å²) in [7, 11) is 0. The molecule has 0 unspecified atom stereocenters. The highest BCUT2D eigenvalue weighted by atomic mass is 35.5. The molecule has 0 saturated heterocycles. The van der Waals surface area contributed by atoms with Gasteiger partial charge in [-0.15, -0.1) is 0 Å². The van der Waals surface area contributed by atoms with E-state index in [1.54, 1.807) is 0 Å². The first-order valence-corrected chi connectivity index (χ1v) is 3.47. The molecular formula is C7H7ClN2. The third-order valence-electron chi connectivity index (χ3n) is 1.51. The molecule has 0 aliphatic heterocycles. The molecule has 0 bridgehead atoms. The Kier molecular flexibility index (Phi) is 1.05. The molecule has 0 atom stereocenters. The number of aromatic nitrogens is 2. The van der Waals surface area contributed by atoms with Crippen LogP contribution in [-0.4, -0.2) is 9.97 Å². The number of H-pyrrole nitrogens is 2. The Bertz CT molecular complexity index is 295. The van der Waals surface area contributed by atoms with Gasteiger partial charge < -0.3 is 9.97 Å². The first-order chi connectivity index (χ1) is 4.75. The first-order valence-electron chi connectivity index (χ1n) is 3.09. The highest BCUT2D eigenvalue weighted by Gasteiger charge is 1.99. The Morgan fingerprint density at radius 2 is 1.90 bits per heavy atom. The molecule has 3 heteroatoms. The Hall–Kier alpha value is -0.890. The Morgan fingerprint density at radius 3 is 2.60 bits per heavy atom. The van der Waals surface area contributed by atoms with Gasteiger partial charge in [0.15, 0.2) is 0 Å². The molecule has 10 heavy (non-hydrogen) atoms. The van der Waals surface area contributed by atoms with Crippen molar-refractivity contribution in [2.45, 2.75) is 6.92 Å². The summed E-state index contributed by atoms with van der Waals surface area (Å²) < 4.78 is 0. The van der Waals surface area contributed by atoms with Crippen LogP contribution in [-0.2, 0) is 0 Å². The van der Waals surface area contributed by atoms with E-state index in [-0.39, 0.29) is 0 Å². The molecule has 0 fully saturated rings. The van der Waals surface area contributed by atoms with Gasteiger partial charge in [0.1, 0.15) is 5.15 Å². The van der Waals surface area contributed by atoms with Gasteiger partial charge in [-0.3, -0.25) is 0 Å². The molecule has 0 aliphatic rings. The zero-order valence-corrected chi connectivity index (χ0v) is 6.29. The monoisotopic (exact) mass is 154 g/mol. The van der Waals surface area contributed by atoms with Crippen molar-refractivity contribution in [3.63, 3.8) is 0 Å². The molecule has 2 aromatic heterocycles. The van der Waals surface area contributed by atoms with Gasteiger partial charge in [0.05, 0.1) is 11.0 Å². The topological polar surface area (TPSA) is 31.6 Å². The van der Waals surface area contributed by atoms with Crippen molar-refractivity contribution in [1.82, 2.24) is 9.97 Å². The number of nitrogens with one attached hydrogen (secondary N) is 2. The third-order valence-corrected chi connectivity index (χ3v) is 1.71. The standard InChI is InChI=1S/C7H7ClN2/c1-4-2-5-6(9-4)3-7(8)10-5/h2-3,9-10H,1H3. The van der Waals surface area contributed by atoms with E-state index in [0.29, 0.717) is 5.15 Å². The highest BCUT2D eigenvalue weighted by Crippen LogP contribution is 2.18. The van der Waals surface area contributed by atoms with E-state index >= 15 is 0 Å². The lowest BCUT2D eigenvalue weighted by Crippen LogP contribution is -1.64. The van der Waals surface area contributed by atoms with E-state index in [1.165, 1.54) is 0 Å². The smallest absolute Gasteiger partial charge is 0.108 e. The van der Waals surface area contributed by atoms with E-state index in [9.17, 15) is 0 Å². The van der Waals surface area contributed by atoms with Gasteiger partial charge in [-0.2, -0.15) is 0 Å². The molecule has 2 aromatic rings. The summed E-state index contributed by atoms with van der Waals surface area (Å²) >= 11 is 5.70. The van der Waals surface area contributed by atoms with Crippen LogP contribution in [0, 0.1) is 6.92 Å². The maximum absolute atomic E-state index is 5.70. The summed E-state index contributed by atoms with van der Waals surface area (Å²) in [5.41, 5.74) is 3.29. The quantitative estimate of drug-likeness (QED) is 0.584. The van der Waals surface area contributed by atoms with Gasteiger partial charge in [-0.05, 0) is 19.1 Å². The van der Waals surface area contributed by atoms with Crippen LogP contribution >= 0.6 is 11.6 Å². The lowest BCUT2D eigenvalue weighted by molar-refractivity contribution is 1.30. The van der Waals surface area contributed by atoms with Crippen molar-refractivity contribution in [3.8, 4) is 0 Å². The van der Waals surface area contributed by atoms with Gasteiger partial charge in [0, 0.05) is 5.69 Å². The maximum Gasteiger partial charge on any atom is 0.108 e. The Balaban J connectivity index is 2.83. The summed E-state index contributed by atoms with van der Waals surface area (Å²) in [4.78, 5) is 6.18. The second kappa shape index (κ2) is 1.80. The van der Waals surface area contributed by atoms with E-state index < -0.39 is 0 Å². The molecule has 2 heterocycles. The number of hydrogen-bond acceptors (Lipinski definition) is 0. The molecule has 52 valence electrons. The molecule has 2 N–H and O–H groups in total. The van der Waals surface area contributed by atoms with Crippen molar-refractivity contribution in [2.24, 2.45) is 0 Å². The second-order valence-electron chi connectivity index (χ2n) is 2.40. The molecule has 2 rings (SSSR count). The number of fused-ring (bicyclic) bond motifs is 1. The molecule has 0 aliphatic carbocycles. The van der Waals surface area contributed by atoms with Gasteiger partial charge in [-0.25, -0.2) is 0 Å². The van der Waals surface area contributed by atoms with Crippen molar-refractivity contribution in [3.05, 3.63) is 23.0 Å². The van der Waals surface area contributed by atoms with E-state index in [4.69, 9.17) is 11.6 Å². The van der Waals surface area contributed by atoms with Crippen LogP contribution < -0.4 is 0 Å². The number of halogens is 1. The maximum atomic E-state index is 5.70. The average Bonchev–Trinajstić information content (AvgIpc) is 2.21. The summed E-state index contributed by atoms with van der Waals surface area (Å²) in [6, 6.07) is 3.91. The lowest BCUT2D eigenvalue weighted by atomic mass is 10.4. The number of aromatic amines is 2. The number of rotatable bonds is 0. The van der Waals surface area contributed by atoms with Crippen LogP contribution in [0.25, 0.3) is 11.0 Å². The third kappa shape index (κ3) is 0.727. The van der Waals surface area contributed by atoms with Gasteiger partial charge in [0.2, 0.25) is 0 Å². The molecule has 0 aromatic carbocycles. The minimum atomic E-state index is 0.682. The summed E-state index contributed by atoms with van der Waals surface area (Å²) in [5, 5.41) is 0.682. The fourth-order valence-corrected chi connectivity index (χ4v) is 1.33. The molecule has 0 spiro atoms. The van der Waals surface area contributed by atoms with E-state index in [1.807, 2.05) is 19.1 Å². The minimum Gasteiger partial charge on any atom is -0.357 e.